The zero-order valence-corrected chi connectivity index (χ0v) is 14.0. The molecule has 0 saturated carbocycles. The van der Waals surface area contributed by atoms with Gasteiger partial charge in [0.25, 0.3) is 11.8 Å². The van der Waals surface area contributed by atoms with Crippen molar-refractivity contribution in [1.29, 1.82) is 0 Å². The third-order valence-corrected chi connectivity index (χ3v) is 4.25. The van der Waals surface area contributed by atoms with E-state index in [0.29, 0.717) is 0 Å². The lowest BCUT2D eigenvalue weighted by atomic mass is 10.1. The fraction of sp³-hybridized carbons (Fsp3) is 0.333. The number of nitrogens with zero attached hydrogens (tertiary/aromatic N) is 1. The van der Waals surface area contributed by atoms with Crippen LogP contribution < -0.4 is 0 Å². The van der Waals surface area contributed by atoms with Crippen molar-refractivity contribution in [3.05, 3.63) is 35.4 Å². The summed E-state index contributed by atoms with van der Waals surface area (Å²) in [6.45, 7) is 0. The van der Waals surface area contributed by atoms with Crippen molar-refractivity contribution in [1.82, 2.24) is 4.90 Å². The van der Waals surface area contributed by atoms with E-state index in [1.54, 1.807) is 12.1 Å². The Hall–Kier alpha value is -2.22. The number of hydrogen-bond donors (Lipinski definition) is 0. The molecule has 0 unspecified atom stereocenters. The van der Waals surface area contributed by atoms with E-state index in [0.717, 1.165) is 12.0 Å². The van der Waals surface area contributed by atoms with E-state index >= 15 is 0 Å². The molecule has 122 valence electrons. The van der Waals surface area contributed by atoms with Crippen molar-refractivity contribution >= 4 is 39.7 Å². The van der Waals surface area contributed by atoms with Crippen LogP contribution in [-0.2, 0) is 19.1 Å². The van der Waals surface area contributed by atoms with E-state index in [1.165, 1.54) is 19.2 Å². The fourth-order valence-corrected chi connectivity index (χ4v) is 2.90. The van der Waals surface area contributed by atoms with Gasteiger partial charge >= 0.3 is 11.9 Å². The first-order valence-corrected chi connectivity index (χ1v) is 7.60. The lowest BCUT2D eigenvalue weighted by Gasteiger charge is -2.25. The molecular weight excluding hydrogens is 370 g/mol. The second-order valence-corrected chi connectivity index (χ2v) is 5.90. The van der Waals surface area contributed by atoms with Gasteiger partial charge in [-0.3, -0.25) is 19.3 Å². The number of fused-ring (bicyclic) bond motifs is 1. The maximum absolute atomic E-state index is 12.5. The van der Waals surface area contributed by atoms with Crippen molar-refractivity contribution in [2.75, 3.05) is 14.2 Å². The number of alkyl halides is 1. The molecule has 2 amide bonds. The predicted octanol–water partition coefficient (Wildman–Crippen LogP) is 1.15. The molecule has 0 bridgehead atoms. The second-order valence-electron chi connectivity index (χ2n) is 4.79. The Balaban J connectivity index is 2.34. The Labute approximate surface area is 140 Å². The van der Waals surface area contributed by atoms with Crippen molar-refractivity contribution < 1.29 is 28.7 Å². The number of methoxy groups -OCH3 is 2. The van der Waals surface area contributed by atoms with E-state index in [4.69, 9.17) is 0 Å². The highest BCUT2D eigenvalue weighted by Crippen LogP contribution is 2.27. The van der Waals surface area contributed by atoms with Crippen molar-refractivity contribution in [2.24, 2.45) is 0 Å². The maximum Gasteiger partial charge on any atom is 0.329 e. The quantitative estimate of drug-likeness (QED) is 0.430. The summed E-state index contributed by atoms with van der Waals surface area (Å²) in [4.78, 5) is 48.5. The summed E-state index contributed by atoms with van der Waals surface area (Å²) in [5, 5.41) is 0. The molecule has 1 aromatic carbocycles. The van der Waals surface area contributed by atoms with E-state index in [1.807, 2.05) is 0 Å². The van der Waals surface area contributed by atoms with Gasteiger partial charge in [0.05, 0.1) is 25.3 Å². The minimum atomic E-state index is -1.23. The van der Waals surface area contributed by atoms with Crippen LogP contribution in [0.2, 0.25) is 0 Å². The first-order valence-electron chi connectivity index (χ1n) is 6.69. The molecule has 0 aliphatic carbocycles. The highest BCUT2D eigenvalue weighted by Gasteiger charge is 2.44. The molecule has 23 heavy (non-hydrogen) atoms. The highest BCUT2D eigenvalue weighted by molar-refractivity contribution is 9.10. The number of amides is 2. The third kappa shape index (κ3) is 3.12. The summed E-state index contributed by atoms with van der Waals surface area (Å²) in [6, 6.07) is 5.05. The van der Waals surface area contributed by atoms with Crippen LogP contribution in [0.5, 0.6) is 0 Å². The number of carbonyl (C=O) groups is 4. The van der Waals surface area contributed by atoms with Gasteiger partial charge in [0.1, 0.15) is 10.9 Å². The molecule has 1 aliphatic rings. The summed E-state index contributed by atoms with van der Waals surface area (Å²) in [6.07, 6.45) is -0.148. The Bertz CT molecular complexity index is 639. The lowest BCUT2D eigenvalue weighted by Crippen LogP contribution is -2.47. The van der Waals surface area contributed by atoms with Crippen LogP contribution >= 0.6 is 15.9 Å². The number of hydrogen-bond acceptors (Lipinski definition) is 6. The fourth-order valence-electron chi connectivity index (χ4n) is 2.35. The molecule has 2 rings (SSSR count). The topological polar surface area (TPSA) is 90.0 Å². The average Bonchev–Trinajstić information content (AvgIpc) is 2.82. The molecule has 2 atom stereocenters. The molecule has 0 saturated heterocycles. The zero-order chi connectivity index (χ0) is 17.1. The van der Waals surface area contributed by atoms with Gasteiger partial charge in [-0.15, -0.1) is 0 Å². The maximum atomic E-state index is 12.5. The smallest absolute Gasteiger partial charge is 0.329 e. The summed E-state index contributed by atoms with van der Waals surface area (Å²) in [5.41, 5.74) is 0.436. The molecule has 0 radical (unpaired) electrons. The molecule has 0 N–H and O–H groups in total. The lowest BCUT2D eigenvalue weighted by molar-refractivity contribution is -0.146. The van der Waals surface area contributed by atoms with Crippen molar-refractivity contribution in [3.8, 4) is 0 Å². The van der Waals surface area contributed by atoms with Crippen LogP contribution in [0.1, 0.15) is 27.1 Å². The first kappa shape index (κ1) is 17.1. The molecule has 7 nitrogen and oxygen atoms in total. The number of carbonyl (C=O) groups excluding carboxylic acids is 4. The van der Waals surface area contributed by atoms with Crippen molar-refractivity contribution in [2.45, 2.75) is 17.3 Å². The zero-order valence-electron chi connectivity index (χ0n) is 12.4. The monoisotopic (exact) mass is 383 g/mol. The summed E-state index contributed by atoms with van der Waals surface area (Å²) >= 11 is 3.09. The Morgan fingerprint density at radius 1 is 1.04 bits per heavy atom. The van der Waals surface area contributed by atoms with Crippen LogP contribution in [0.15, 0.2) is 24.3 Å². The standard InChI is InChI=1S/C15H14BrNO6/c1-22-14(20)10(16)7-11(15(21)23-2)17-12(18)8-5-3-4-6-9(8)13(17)19/h3-6,10-11H,7H2,1-2H3/t10-,11-/m0/s1. The first-order chi connectivity index (χ1) is 10.9. The summed E-state index contributed by atoms with van der Waals surface area (Å²) in [7, 11) is 2.35. The molecule has 1 aromatic rings. The van der Waals surface area contributed by atoms with Gasteiger partial charge in [-0.1, -0.05) is 28.1 Å². The Kier molecular flexibility index (Phi) is 5.15. The van der Waals surface area contributed by atoms with Gasteiger partial charge in [0.15, 0.2) is 0 Å². The minimum absolute atomic E-state index is 0.148. The van der Waals surface area contributed by atoms with Crippen LogP contribution in [0, 0.1) is 0 Å². The third-order valence-electron chi connectivity index (χ3n) is 3.50. The number of halogens is 1. The molecule has 1 heterocycles. The van der Waals surface area contributed by atoms with Crippen LogP contribution in [0.4, 0.5) is 0 Å². The Morgan fingerprint density at radius 2 is 1.52 bits per heavy atom. The molecule has 1 aliphatic heterocycles. The van der Waals surface area contributed by atoms with Crippen LogP contribution in [-0.4, -0.2) is 53.7 Å². The van der Waals surface area contributed by atoms with Gasteiger partial charge in [-0.2, -0.15) is 0 Å². The summed E-state index contributed by atoms with van der Waals surface area (Å²) in [5.74, 6) is -2.58. The number of imide groups is 1. The molecule has 0 aromatic heterocycles. The highest BCUT2D eigenvalue weighted by atomic mass is 79.9. The van der Waals surface area contributed by atoms with Gasteiger partial charge in [0, 0.05) is 6.42 Å². The van der Waals surface area contributed by atoms with Crippen molar-refractivity contribution in [3.63, 3.8) is 0 Å². The second kappa shape index (κ2) is 6.91. The molecular formula is C15H14BrNO6. The normalized spacial score (nSPS) is 15.9. The van der Waals surface area contributed by atoms with Gasteiger partial charge in [-0.25, -0.2) is 4.79 Å². The summed E-state index contributed by atoms with van der Waals surface area (Å²) < 4.78 is 9.25. The molecule has 0 fully saturated rings. The number of ether oxygens (including phenoxy) is 2. The number of rotatable bonds is 5. The van der Waals surface area contributed by atoms with Gasteiger partial charge in [-0.05, 0) is 12.1 Å². The number of esters is 2. The largest absolute Gasteiger partial charge is 0.468 e. The average molecular weight is 384 g/mol. The molecule has 8 heteroatoms. The van der Waals surface area contributed by atoms with E-state index in [9.17, 15) is 19.2 Å². The number of benzene rings is 1. The predicted molar refractivity (Wildman–Crippen MR) is 82.1 cm³/mol. The molecule has 0 spiro atoms. The van der Waals surface area contributed by atoms with E-state index in [-0.39, 0.29) is 17.5 Å². The van der Waals surface area contributed by atoms with E-state index < -0.39 is 34.6 Å². The Morgan fingerprint density at radius 3 is 1.96 bits per heavy atom. The SMILES string of the molecule is COC(=O)[C@@H](Br)C[C@@H](C(=O)OC)N1C(=O)c2ccccc2C1=O. The van der Waals surface area contributed by atoms with Crippen LogP contribution in [0.25, 0.3) is 0 Å². The van der Waals surface area contributed by atoms with Crippen LogP contribution in [0.3, 0.4) is 0 Å². The van der Waals surface area contributed by atoms with Gasteiger partial charge in [0.2, 0.25) is 0 Å². The minimum Gasteiger partial charge on any atom is -0.468 e. The van der Waals surface area contributed by atoms with Gasteiger partial charge < -0.3 is 9.47 Å². The van der Waals surface area contributed by atoms with E-state index in [2.05, 4.69) is 25.4 Å².